The Kier molecular flexibility index (Phi) is 4.48. The molecule has 1 aromatic carbocycles. The van der Waals surface area contributed by atoms with E-state index in [1.54, 1.807) is 0 Å². The molecule has 0 bridgehead atoms. The number of benzene rings is 1. The van der Waals surface area contributed by atoms with Crippen molar-refractivity contribution in [2.45, 2.75) is 46.6 Å². The van der Waals surface area contributed by atoms with Gasteiger partial charge in [0.1, 0.15) is 0 Å². The summed E-state index contributed by atoms with van der Waals surface area (Å²) < 4.78 is 0. The van der Waals surface area contributed by atoms with Gasteiger partial charge in [-0.1, -0.05) is 17.7 Å². The Morgan fingerprint density at radius 1 is 1.20 bits per heavy atom. The van der Waals surface area contributed by atoms with E-state index < -0.39 is 0 Å². The number of nitrogens with two attached hydrogens (primary N) is 1. The molecule has 3 heteroatoms. The third kappa shape index (κ3) is 3.04. The van der Waals surface area contributed by atoms with Gasteiger partial charge in [-0.05, 0) is 57.6 Å². The van der Waals surface area contributed by atoms with Gasteiger partial charge >= 0.3 is 0 Å². The molecule has 110 valence electrons. The van der Waals surface area contributed by atoms with E-state index in [1.807, 2.05) is 18.7 Å². The molecule has 1 aliphatic heterocycles. The molecule has 1 saturated heterocycles. The molecule has 0 saturated carbocycles. The van der Waals surface area contributed by atoms with Gasteiger partial charge < -0.3 is 10.6 Å². The molecule has 2 rings (SSSR count). The summed E-state index contributed by atoms with van der Waals surface area (Å²) >= 11 is 0. The van der Waals surface area contributed by atoms with Crippen molar-refractivity contribution in [3.05, 3.63) is 34.4 Å². The zero-order valence-electron chi connectivity index (χ0n) is 13.1. The van der Waals surface area contributed by atoms with Crippen LogP contribution in [0, 0.1) is 26.7 Å². The number of hydrogen-bond donors (Lipinski definition) is 1. The number of carbonyl (C=O) groups is 1. The average molecular weight is 274 g/mol. The van der Waals surface area contributed by atoms with Crippen LogP contribution in [0.2, 0.25) is 0 Å². The maximum absolute atomic E-state index is 12.7. The summed E-state index contributed by atoms with van der Waals surface area (Å²) in [6.07, 6.45) is 2.04. The quantitative estimate of drug-likeness (QED) is 0.901. The maximum atomic E-state index is 12.7. The molecule has 0 aliphatic carbocycles. The minimum Gasteiger partial charge on any atom is -0.339 e. The summed E-state index contributed by atoms with van der Waals surface area (Å²) in [5.41, 5.74) is 10.2. The van der Waals surface area contributed by atoms with Gasteiger partial charge in [0.2, 0.25) is 0 Å². The molecular weight excluding hydrogens is 248 g/mol. The van der Waals surface area contributed by atoms with Gasteiger partial charge in [0.15, 0.2) is 0 Å². The van der Waals surface area contributed by atoms with E-state index in [4.69, 9.17) is 5.73 Å². The molecule has 1 aliphatic rings. The van der Waals surface area contributed by atoms with Gasteiger partial charge in [-0.25, -0.2) is 0 Å². The normalized spacial score (nSPS) is 18.1. The van der Waals surface area contributed by atoms with Crippen molar-refractivity contribution < 1.29 is 4.79 Å². The second-order valence-electron chi connectivity index (χ2n) is 6.26. The van der Waals surface area contributed by atoms with E-state index in [1.165, 1.54) is 5.56 Å². The summed E-state index contributed by atoms with van der Waals surface area (Å²) in [6.45, 7) is 9.86. The minimum atomic E-state index is 0.183. The SMILES string of the molecule is Cc1cc(C)c(C(=O)N2CCC(C(C)N)CC2)c(C)c1. The van der Waals surface area contributed by atoms with Crippen LogP contribution in [-0.2, 0) is 0 Å². The van der Waals surface area contributed by atoms with Crippen molar-refractivity contribution in [2.24, 2.45) is 11.7 Å². The van der Waals surface area contributed by atoms with E-state index in [2.05, 4.69) is 26.0 Å². The van der Waals surface area contributed by atoms with Crippen molar-refractivity contribution in [1.82, 2.24) is 4.90 Å². The van der Waals surface area contributed by atoms with Crippen LogP contribution < -0.4 is 5.73 Å². The Hall–Kier alpha value is -1.35. The van der Waals surface area contributed by atoms with E-state index in [0.717, 1.165) is 42.6 Å². The van der Waals surface area contributed by atoms with Crippen molar-refractivity contribution >= 4 is 5.91 Å². The van der Waals surface area contributed by atoms with Gasteiger partial charge in [0.25, 0.3) is 5.91 Å². The first-order chi connectivity index (χ1) is 9.40. The fraction of sp³-hybridized carbons (Fsp3) is 0.588. The molecule has 1 fully saturated rings. The first-order valence-corrected chi connectivity index (χ1v) is 7.53. The van der Waals surface area contributed by atoms with Crippen LogP contribution in [0.1, 0.15) is 46.8 Å². The summed E-state index contributed by atoms with van der Waals surface area (Å²) in [6, 6.07) is 4.42. The summed E-state index contributed by atoms with van der Waals surface area (Å²) in [5.74, 6) is 0.738. The molecule has 1 aromatic rings. The zero-order chi connectivity index (χ0) is 14.9. The lowest BCUT2D eigenvalue weighted by atomic mass is 9.90. The van der Waals surface area contributed by atoms with Crippen LogP contribution in [0.3, 0.4) is 0 Å². The molecule has 20 heavy (non-hydrogen) atoms. The number of nitrogens with zero attached hydrogens (tertiary/aromatic N) is 1. The third-order valence-electron chi connectivity index (χ3n) is 4.46. The van der Waals surface area contributed by atoms with Gasteiger partial charge in [-0.3, -0.25) is 4.79 Å². The standard InChI is InChI=1S/C17H26N2O/c1-11-9-12(2)16(13(3)10-11)17(20)19-7-5-15(6-8-19)14(4)18/h9-10,14-15H,5-8,18H2,1-4H3. The fourth-order valence-corrected chi connectivity index (χ4v) is 3.30. The van der Waals surface area contributed by atoms with E-state index >= 15 is 0 Å². The van der Waals surface area contributed by atoms with Gasteiger partial charge in [-0.2, -0.15) is 0 Å². The predicted octanol–water partition coefficient (Wildman–Crippen LogP) is 2.81. The highest BCUT2D eigenvalue weighted by atomic mass is 16.2. The summed E-state index contributed by atoms with van der Waals surface area (Å²) in [5, 5.41) is 0. The number of rotatable bonds is 2. The monoisotopic (exact) mass is 274 g/mol. The molecule has 3 nitrogen and oxygen atoms in total. The number of likely N-dealkylation sites (tertiary alicyclic amines) is 1. The molecule has 1 unspecified atom stereocenters. The molecular formula is C17H26N2O. The minimum absolute atomic E-state index is 0.183. The summed E-state index contributed by atoms with van der Waals surface area (Å²) in [7, 11) is 0. The highest BCUT2D eigenvalue weighted by molar-refractivity contribution is 5.97. The Balaban J connectivity index is 2.14. The topological polar surface area (TPSA) is 46.3 Å². The summed E-state index contributed by atoms with van der Waals surface area (Å²) in [4.78, 5) is 14.7. The lowest BCUT2D eigenvalue weighted by molar-refractivity contribution is 0.0679. The second kappa shape index (κ2) is 5.96. The van der Waals surface area contributed by atoms with Gasteiger partial charge in [0.05, 0.1) is 0 Å². The lowest BCUT2D eigenvalue weighted by Gasteiger charge is -2.34. The van der Waals surface area contributed by atoms with Crippen LogP contribution in [0.4, 0.5) is 0 Å². The van der Waals surface area contributed by atoms with Crippen LogP contribution >= 0.6 is 0 Å². The third-order valence-corrected chi connectivity index (χ3v) is 4.46. The molecule has 0 radical (unpaired) electrons. The predicted molar refractivity (Wildman–Crippen MR) is 82.9 cm³/mol. The van der Waals surface area contributed by atoms with E-state index in [-0.39, 0.29) is 11.9 Å². The molecule has 2 N–H and O–H groups in total. The van der Waals surface area contributed by atoms with Crippen molar-refractivity contribution in [2.75, 3.05) is 13.1 Å². The van der Waals surface area contributed by atoms with Crippen molar-refractivity contribution in [3.8, 4) is 0 Å². The number of amides is 1. The number of hydrogen-bond acceptors (Lipinski definition) is 2. The van der Waals surface area contributed by atoms with Crippen LogP contribution in [0.5, 0.6) is 0 Å². The van der Waals surface area contributed by atoms with Crippen molar-refractivity contribution in [1.29, 1.82) is 0 Å². The van der Waals surface area contributed by atoms with Crippen LogP contribution in [0.25, 0.3) is 0 Å². The molecule has 0 spiro atoms. The Bertz CT molecular complexity index is 477. The van der Waals surface area contributed by atoms with Crippen LogP contribution in [-0.4, -0.2) is 29.9 Å². The molecule has 0 aromatic heterocycles. The highest BCUT2D eigenvalue weighted by Crippen LogP contribution is 2.24. The Morgan fingerprint density at radius 3 is 2.15 bits per heavy atom. The van der Waals surface area contributed by atoms with Gasteiger partial charge in [-0.15, -0.1) is 0 Å². The average Bonchev–Trinajstić information content (AvgIpc) is 2.37. The van der Waals surface area contributed by atoms with Gasteiger partial charge in [0, 0.05) is 24.7 Å². The molecule has 1 atom stereocenters. The Labute approximate surface area is 122 Å². The molecule has 1 amide bonds. The highest BCUT2D eigenvalue weighted by Gasteiger charge is 2.26. The van der Waals surface area contributed by atoms with E-state index in [0.29, 0.717) is 5.92 Å². The maximum Gasteiger partial charge on any atom is 0.254 e. The zero-order valence-corrected chi connectivity index (χ0v) is 13.1. The fourth-order valence-electron chi connectivity index (χ4n) is 3.30. The first-order valence-electron chi connectivity index (χ1n) is 7.53. The Morgan fingerprint density at radius 2 is 1.70 bits per heavy atom. The smallest absolute Gasteiger partial charge is 0.254 e. The largest absolute Gasteiger partial charge is 0.339 e. The van der Waals surface area contributed by atoms with Crippen molar-refractivity contribution in [3.63, 3.8) is 0 Å². The second-order valence-corrected chi connectivity index (χ2v) is 6.26. The van der Waals surface area contributed by atoms with E-state index in [9.17, 15) is 4.79 Å². The number of carbonyl (C=O) groups excluding carboxylic acids is 1. The number of piperidine rings is 1. The molecule has 1 heterocycles. The number of aryl methyl sites for hydroxylation is 3. The lowest BCUT2D eigenvalue weighted by Crippen LogP contribution is -2.42. The van der Waals surface area contributed by atoms with Crippen LogP contribution in [0.15, 0.2) is 12.1 Å². The first kappa shape index (κ1) is 15.0.